The summed E-state index contributed by atoms with van der Waals surface area (Å²) in [6, 6.07) is 5.61. The fourth-order valence-electron chi connectivity index (χ4n) is 6.20. The highest BCUT2D eigenvalue weighted by molar-refractivity contribution is 5.90. The average molecular weight is 535 g/mol. The first-order valence-corrected chi connectivity index (χ1v) is 14.2. The van der Waals surface area contributed by atoms with Crippen molar-refractivity contribution in [2.24, 2.45) is 5.92 Å². The summed E-state index contributed by atoms with van der Waals surface area (Å²) < 4.78 is 15.9. The number of likely N-dealkylation sites (N-methyl/N-ethyl adjacent to an activating group) is 1. The molecule has 0 spiro atoms. The summed E-state index contributed by atoms with van der Waals surface area (Å²) in [5.74, 6) is 1.01. The second-order valence-electron chi connectivity index (χ2n) is 11.1. The quantitative estimate of drug-likeness (QED) is 0.465. The van der Waals surface area contributed by atoms with Crippen molar-refractivity contribution >= 4 is 22.7 Å². The number of amides is 2. The molecule has 0 radical (unpaired) electrons. The van der Waals surface area contributed by atoms with E-state index in [0.29, 0.717) is 18.2 Å². The molecule has 5 rings (SSSR count). The number of carbonyl (C=O) groups excluding carboxylic acids is 2. The van der Waals surface area contributed by atoms with E-state index in [-0.39, 0.29) is 35.6 Å². The zero-order valence-corrected chi connectivity index (χ0v) is 23.3. The number of fused-ring (bicyclic) bond motifs is 1. The van der Waals surface area contributed by atoms with Gasteiger partial charge in [-0.1, -0.05) is 19.3 Å². The molecule has 2 N–H and O–H groups in total. The summed E-state index contributed by atoms with van der Waals surface area (Å²) in [7, 11) is 1.75. The molecule has 3 heterocycles. The van der Waals surface area contributed by atoms with Crippen LogP contribution >= 0.6 is 0 Å². The molecule has 1 aliphatic heterocycles. The minimum atomic E-state index is -0.539. The van der Waals surface area contributed by atoms with Crippen LogP contribution in [0.5, 0.6) is 0 Å². The number of benzene rings is 1. The normalized spacial score (nSPS) is 19.8. The van der Waals surface area contributed by atoms with E-state index in [9.17, 15) is 14.0 Å². The Morgan fingerprint density at radius 1 is 1.05 bits per heavy atom. The monoisotopic (exact) mass is 534 g/mol. The molecule has 3 aromatic rings. The van der Waals surface area contributed by atoms with Gasteiger partial charge >= 0.3 is 0 Å². The number of carbonyl (C=O) groups is 2. The number of likely N-dealkylation sites (tertiary alicyclic amines) is 1. The van der Waals surface area contributed by atoms with Crippen molar-refractivity contribution in [1.82, 2.24) is 30.1 Å². The van der Waals surface area contributed by atoms with E-state index in [1.54, 1.807) is 19.2 Å². The lowest BCUT2D eigenvalue weighted by atomic mass is 9.83. The minimum absolute atomic E-state index is 0.0170. The third-order valence-electron chi connectivity index (χ3n) is 8.45. The van der Waals surface area contributed by atoms with Gasteiger partial charge in [-0.25, -0.2) is 14.4 Å². The highest BCUT2D eigenvalue weighted by atomic mass is 19.1. The fourth-order valence-corrected chi connectivity index (χ4v) is 6.20. The molecule has 1 saturated carbocycles. The first-order valence-electron chi connectivity index (χ1n) is 14.2. The van der Waals surface area contributed by atoms with Crippen LogP contribution in [-0.4, -0.2) is 56.9 Å². The lowest BCUT2D eigenvalue weighted by molar-refractivity contribution is -0.139. The van der Waals surface area contributed by atoms with Crippen LogP contribution < -0.4 is 10.6 Å². The van der Waals surface area contributed by atoms with Gasteiger partial charge in [-0.05, 0) is 83.2 Å². The van der Waals surface area contributed by atoms with Crippen LogP contribution in [0.25, 0.3) is 16.7 Å². The Kier molecular flexibility index (Phi) is 7.98. The second-order valence-corrected chi connectivity index (χ2v) is 11.1. The number of aromatic nitrogens is 3. The number of halogens is 1. The Bertz CT molecular complexity index is 1360. The molecule has 0 bridgehead atoms. The molecule has 1 aromatic carbocycles. The Labute approximate surface area is 229 Å². The predicted molar refractivity (Wildman–Crippen MR) is 149 cm³/mol. The SMILES string of the molecule is CNC(C)C(=O)N[C@H](C(=O)N1CCC[C@H]1c1cc(-n2cc(C)c3cc(F)ccc32)nc(C)n1)C1CCCCC1. The minimum Gasteiger partial charge on any atom is -0.343 e. The third-order valence-corrected chi connectivity index (χ3v) is 8.45. The number of hydrogen-bond acceptors (Lipinski definition) is 5. The molecule has 208 valence electrons. The van der Waals surface area contributed by atoms with E-state index in [1.807, 2.05) is 42.5 Å². The van der Waals surface area contributed by atoms with Gasteiger partial charge in [-0.2, -0.15) is 0 Å². The van der Waals surface area contributed by atoms with Gasteiger partial charge in [0, 0.05) is 24.2 Å². The Hall–Kier alpha value is -3.33. The lowest BCUT2D eigenvalue weighted by Crippen LogP contribution is -2.55. The van der Waals surface area contributed by atoms with Crippen molar-refractivity contribution in [2.75, 3.05) is 13.6 Å². The van der Waals surface area contributed by atoms with Crippen molar-refractivity contribution < 1.29 is 14.0 Å². The molecule has 3 atom stereocenters. The molecule has 39 heavy (non-hydrogen) atoms. The molecule has 1 unspecified atom stereocenters. The van der Waals surface area contributed by atoms with Crippen LogP contribution in [0.3, 0.4) is 0 Å². The molecular weight excluding hydrogens is 495 g/mol. The van der Waals surface area contributed by atoms with Crippen LogP contribution in [0.15, 0.2) is 30.5 Å². The van der Waals surface area contributed by atoms with E-state index in [2.05, 4.69) is 10.6 Å². The molecular formula is C30H39FN6O2. The van der Waals surface area contributed by atoms with Gasteiger partial charge < -0.3 is 20.1 Å². The van der Waals surface area contributed by atoms with Crippen molar-refractivity contribution in [3.63, 3.8) is 0 Å². The van der Waals surface area contributed by atoms with Crippen molar-refractivity contribution in [3.8, 4) is 5.82 Å². The van der Waals surface area contributed by atoms with Crippen molar-refractivity contribution in [2.45, 2.75) is 83.8 Å². The van der Waals surface area contributed by atoms with Crippen LogP contribution in [0.1, 0.15) is 75.0 Å². The summed E-state index contributed by atoms with van der Waals surface area (Å²) >= 11 is 0. The first-order chi connectivity index (χ1) is 18.8. The number of aryl methyl sites for hydroxylation is 2. The second kappa shape index (κ2) is 11.4. The molecule has 1 saturated heterocycles. The fraction of sp³-hybridized carbons (Fsp3) is 0.533. The van der Waals surface area contributed by atoms with Gasteiger partial charge in [0.2, 0.25) is 11.8 Å². The molecule has 2 aliphatic rings. The molecule has 9 heteroatoms. The number of hydrogen-bond donors (Lipinski definition) is 2. The summed E-state index contributed by atoms with van der Waals surface area (Å²) in [6.07, 6.45) is 8.87. The summed E-state index contributed by atoms with van der Waals surface area (Å²) in [5.41, 5.74) is 2.63. The highest BCUT2D eigenvalue weighted by Crippen LogP contribution is 2.35. The van der Waals surface area contributed by atoms with Gasteiger partial charge in [-0.3, -0.25) is 9.59 Å². The van der Waals surface area contributed by atoms with Crippen LogP contribution in [0.4, 0.5) is 4.39 Å². The van der Waals surface area contributed by atoms with Gasteiger partial charge in [0.25, 0.3) is 0 Å². The van der Waals surface area contributed by atoms with E-state index in [4.69, 9.17) is 9.97 Å². The summed E-state index contributed by atoms with van der Waals surface area (Å²) in [4.78, 5) is 38.4. The van der Waals surface area contributed by atoms with Crippen LogP contribution in [-0.2, 0) is 9.59 Å². The largest absolute Gasteiger partial charge is 0.343 e. The molecule has 2 amide bonds. The molecule has 1 aliphatic carbocycles. The van der Waals surface area contributed by atoms with Crippen molar-refractivity contribution in [1.29, 1.82) is 0 Å². The van der Waals surface area contributed by atoms with Gasteiger partial charge in [0.05, 0.1) is 23.3 Å². The van der Waals surface area contributed by atoms with Crippen LogP contribution in [0.2, 0.25) is 0 Å². The van der Waals surface area contributed by atoms with Gasteiger partial charge in [-0.15, -0.1) is 0 Å². The molecule has 2 aromatic heterocycles. The van der Waals surface area contributed by atoms with Crippen LogP contribution in [0, 0.1) is 25.6 Å². The highest BCUT2D eigenvalue weighted by Gasteiger charge is 2.39. The standard InChI is InChI=1S/C30H39FN6O2/c1-18-17-37(25-13-12-22(31)15-23(18)25)27-16-24(33-20(3)34-27)26-11-8-14-36(26)30(39)28(21-9-6-5-7-10-21)35-29(38)19(2)32-4/h12-13,15-17,19,21,26,28,32H,5-11,14H2,1-4H3,(H,35,38)/t19?,26-,28-/m0/s1. The number of rotatable bonds is 7. The number of nitrogens with one attached hydrogen (secondary N) is 2. The van der Waals surface area contributed by atoms with E-state index in [1.165, 1.54) is 12.5 Å². The van der Waals surface area contributed by atoms with Gasteiger partial charge in [0.15, 0.2) is 0 Å². The third kappa shape index (κ3) is 5.55. The maximum atomic E-state index is 14.1. The molecule has 8 nitrogen and oxygen atoms in total. The lowest BCUT2D eigenvalue weighted by Gasteiger charge is -2.35. The predicted octanol–water partition coefficient (Wildman–Crippen LogP) is 4.51. The summed E-state index contributed by atoms with van der Waals surface area (Å²) in [5, 5.41) is 6.93. The maximum absolute atomic E-state index is 14.1. The van der Waals surface area contributed by atoms with Gasteiger partial charge in [0.1, 0.15) is 23.5 Å². The Morgan fingerprint density at radius 3 is 2.56 bits per heavy atom. The Balaban J connectivity index is 1.47. The Morgan fingerprint density at radius 2 is 1.82 bits per heavy atom. The first kappa shape index (κ1) is 27.2. The molecule has 2 fully saturated rings. The van der Waals surface area contributed by atoms with Crippen molar-refractivity contribution in [3.05, 3.63) is 53.4 Å². The van der Waals surface area contributed by atoms with E-state index in [0.717, 1.165) is 60.7 Å². The van der Waals surface area contributed by atoms with E-state index < -0.39 is 6.04 Å². The smallest absolute Gasteiger partial charge is 0.246 e. The zero-order valence-electron chi connectivity index (χ0n) is 23.3. The topological polar surface area (TPSA) is 92.2 Å². The summed E-state index contributed by atoms with van der Waals surface area (Å²) in [6.45, 7) is 6.26. The van der Waals surface area contributed by atoms with E-state index >= 15 is 0 Å². The maximum Gasteiger partial charge on any atom is 0.246 e. The number of nitrogens with zero attached hydrogens (tertiary/aromatic N) is 4. The average Bonchev–Trinajstić information content (AvgIpc) is 3.56. The zero-order chi connectivity index (χ0) is 27.7.